The van der Waals surface area contributed by atoms with Gasteiger partial charge >= 0.3 is 0 Å². The SMILES string of the molecule is COCCOCCOCCOCCOCCOc1nn([C@H]2CC[C@H](N3CCOCC3)CC2)cc1Nc1ncc(-c2ccc(C#N)c(O[C@@H](C)Cn3cncn3)c2)cn1. The van der Waals surface area contributed by atoms with Crippen molar-refractivity contribution in [2.24, 2.45) is 0 Å². The molecule has 1 N–H and O–H groups in total. The normalized spacial score (nSPS) is 17.8. The number of nitrogens with one attached hydrogen (secondary N) is 1. The summed E-state index contributed by atoms with van der Waals surface area (Å²) < 4.78 is 48.8. The molecule has 0 radical (unpaired) electrons. The molecule has 1 saturated heterocycles. The van der Waals surface area contributed by atoms with Crippen LogP contribution in [0.25, 0.3) is 11.1 Å². The summed E-state index contributed by atoms with van der Waals surface area (Å²) in [5.41, 5.74) is 2.69. The molecule has 4 aromatic rings. The molecular formula is C40H56N10O8. The van der Waals surface area contributed by atoms with Crippen molar-refractivity contribution in [1.82, 2.24) is 39.4 Å². The number of rotatable bonds is 25. The van der Waals surface area contributed by atoms with Crippen molar-refractivity contribution in [1.29, 1.82) is 5.26 Å². The summed E-state index contributed by atoms with van der Waals surface area (Å²) in [6.45, 7) is 10.8. The van der Waals surface area contributed by atoms with E-state index >= 15 is 0 Å². The minimum atomic E-state index is -0.247. The lowest BCUT2D eigenvalue weighted by Gasteiger charge is -2.38. The maximum atomic E-state index is 9.73. The second-order valence-corrected chi connectivity index (χ2v) is 14.0. The largest absolute Gasteiger partial charge is 0.487 e. The van der Waals surface area contributed by atoms with Crippen LogP contribution >= 0.6 is 0 Å². The van der Waals surface area contributed by atoms with Crippen LogP contribution in [0.3, 0.4) is 0 Å². The first-order valence-electron chi connectivity index (χ1n) is 20.1. The molecule has 18 heteroatoms. The predicted molar refractivity (Wildman–Crippen MR) is 212 cm³/mol. The number of morpholine rings is 1. The molecule has 0 unspecified atom stereocenters. The van der Waals surface area contributed by atoms with Gasteiger partial charge in [-0.25, -0.2) is 19.6 Å². The third-order valence-corrected chi connectivity index (χ3v) is 9.89. The molecule has 2 fully saturated rings. The number of nitriles is 1. The Labute approximate surface area is 339 Å². The van der Waals surface area contributed by atoms with Crippen LogP contribution in [0.15, 0.2) is 49.4 Å². The first-order valence-corrected chi connectivity index (χ1v) is 20.1. The molecule has 0 bridgehead atoms. The summed E-state index contributed by atoms with van der Waals surface area (Å²) in [6, 6.07) is 8.48. The third-order valence-electron chi connectivity index (χ3n) is 9.89. The third kappa shape index (κ3) is 13.4. The highest BCUT2D eigenvalue weighted by Crippen LogP contribution is 2.35. The van der Waals surface area contributed by atoms with Crippen LogP contribution in [0.5, 0.6) is 11.6 Å². The van der Waals surface area contributed by atoms with Crippen LogP contribution in [0, 0.1) is 11.3 Å². The van der Waals surface area contributed by atoms with Gasteiger partial charge in [-0.2, -0.15) is 10.4 Å². The van der Waals surface area contributed by atoms with E-state index in [4.69, 9.17) is 43.0 Å². The fourth-order valence-electron chi connectivity index (χ4n) is 6.88. The molecule has 2 aliphatic rings. The van der Waals surface area contributed by atoms with Crippen molar-refractivity contribution in [3.05, 3.63) is 55.0 Å². The monoisotopic (exact) mass is 804 g/mol. The molecule has 4 heterocycles. The van der Waals surface area contributed by atoms with Gasteiger partial charge in [-0.3, -0.25) is 9.58 Å². The molecule has 1 atom stereocenters. The van der Waals surface area contributed by atoms with E-state index in [0.29, 0.717) is 107 Å². The van der Waals surface area contributed by atoms with Crippen LogP contribution in [-0.2, 0) is 35.0 Å². The van der Waals surface area contributed by atoms with Crippen LogP contribution in [0.2, 0.25) is 0 Å². The molecule has 0 amide bonds. The molecule has 58 heavy (non-hydrogen) atoms. The van der Waals surface area contributed by atoms with Gasteiger partial charge in [0.05, 0.1) is 97.0 Å². The molecule has 1 aliphatic heterocycles. The summed E-state index contributed by atoms with van der Waals surface area (Å²) in [5, 5.41) is 22.1. The van der Waals surface area contributed by atoms with Gasteiger partial charge in [-0.1, -0.05) is 6.07 Å². The van der Waals surface area contributed by atoms with Gasteiger partial charge < -0.3 is 43.2 Å². The number of benzene rings is 1. The Bertz CT molecular complexity index is 1790. The van der Waals surface area contributed by atoms with Gasteiger partial charge in [-0.15, -0.1) is 5.10 Å². The molecule has 314 valence electrons. The van der Waals surface area contributed by atoms with Crippen molar-refractivity contribution in [3.8, 4) is 28.8 Å². The van der Waals surface area contributed by atoms with Gasteiger partial charge in [0.1, 0.15) is 42.9 Å². The Balaban J connectivity index is 1.02. The maximum Gasteiger partial charge on any atom is 0.257 e. The van der Waals surface area contributed by atoms with Crippen molar-refractivity contribution >= 4 is 11.6 Å². The fraction of sp³-hybridized carbons (Fsp3) is 0.600. The van der Waals surface area contributed by atoms with Gasteiger partial charge in [-0.05, 0) is 50.3 Å². The van der Waals surface area contributed by atoms with E-state index in [1.807, 2.05) is 29.9 Å². The molecule has 1 aliphatic carbocycles. The van der Waals surface area contributed by atoms with E-state index in [-0.39, 0.29) is 12.1 Å². The van der Waals surface area contributed by atoms with E-state index in [9.17, 15) is 5.26 Å². The fourth-order valence-corrected chi connectivity index (χ4v) is 6.88. The summed E-state index contributed by atoms with van der Waals surface area (Å²) >= 11 is 0. The number of hydrogen-bond acceptors (Lipinski definition) is 16. The second kappa shape index (κ2) is 23.6. The number of hydrogen-bond donors (Lipinski definition) is 1. The number of ether oxygens (including phenoxy) is 8. The quantitative estimate of drug-likeness (QED) is 0.0949. The topological polar surface area (TPSA) is 187 Å². The Hall–Kier alpha value is -4.74. The van der Waals surface area contributed by atoms with Gasteiger partial charge in [0, 0.05) is 44.2 Å². The Morgan fingerprint density at radius 3 is 2.16 bits per heavy atom. The molecule has 18 nitrogen and oxygen atoms in total. The molecule has 3 aromatic heterocycles. The van der Waals surface area contributed by atoms with Crippen LogP contribution in [-0.4, -0.2) is 151 Å². The average molecular weight is 805 g/mol. The van der Waals surface area contributed by atoms with Crippen molar-refractivity contribution < 1.29 is 37.9 Å². The predicted octanol–water partition coefficient (Wildman–Crippen LogP) is 3.92. The zero-order chi connectivity index (χ0) is 40.2. The molecule has 1 aromatic carbocycles. The van der Waals surface area contributed by atoms with E-state index in [1.54, 1.807) is 36.6 Å². The molecular weight excluding hydrogens is 749 g/mol. The first kappa shape index (κ1) is 42.9. The highest BCUT2D eigenvalue weighted by Gasteiger charge is 2.29. The van der Waals surface area contributed by atoms with Crippen LogP contribution in [0.4, 0.5) is 11.6 Å². The molecule has 6 rings (SSSR count). The van der Waals surface area contributed by atoms with E-state index in [0.717, 1.165) is 63.1 Å². The Morgan fingerprint density at radius 1 is 0.862 bits per heavy atom. The zero-order valence-electron chi connectivity index (χ0n) is 33.6. The minimum Gasteiger partial charge on any atom is -0.487 e. The summed E-state index contributed by atoms with van der Waals surface area (Å²) in [7, 11) is 1.65. The molecule has 1 saturated carbocycles. The Kier molecular flexibility index (Phi) is 17.4. The van der Waals surface area contributed by atoms with E-state index in [1.165, 1.54) is 6.33 Å². The maximum absolute atomic E-state index is 9.73. The van der Waals surface area contributed by atoms with Crippen molar-refractivity contribution in [3.63, 3.8) is 0 Å². The number of aromatic nitrogens is 7. The van der Waals surface area contributed by atoms with Gasteiger partial charge in [0.15, 0.2) is 0 Å². The summed E-state index contributed by atoms with van der Waals surface area (Å²) in [4.78, 5) is 15.8. The summed E-state index contributed by atoms with van der Waals surface area (Å²) in [5.74, 6) is 1.33. The van der Waals surface area contributed by atoms with Gasteiger partial charge in [0.25, 0.3) is 5.88 Å². The minimum absolute atomic E-state index is 0.247. The first-order chi connectivity index (χ1) is 28.6. The smallest absolute Gasteiger partial charge is 0.257 e. The lowest BCUT2D eigenvalue weighted by molar-refractivity contribution is -0.00989. The lowest BCUT2D eigenvalue weighted by atomic mass is 9.90. The highest BCUT2D eigenvalue weighted by atomic mass is 16.6. The van der Waals surface area contributed by atoms with Crippen molar-refractivity contribution in [2.75, 3.05) is 105 Å². The van der Waals surface area contributed by atoms with Gasteiger partial charge in [0.2, 0.25) is 5.95 Å². The average Bonchev–Trinajstić information content (AvgIpc) is 3.92. The lowest BCUT2D eigenvalue weighted by Crippen LogP contribution is -2.45. The Morgan fingerprint density at radius 2 is 1.52 bits per heavy atom. The summed E-state index contributed by atoms with van der Waals surface area (Å²) in [6.07, 6.45) is 12.6. The number of nitrogens with zero attached hydrogens (tertiary/aromatic N) is 9. The standard InChI is InChI=1S/C40H56N10O8/c1-31(27-49-30-42-29-45-49)58-38-23-32(3-4-33(38)24-41)34-25-43-40(44-26-34)46-37-28-50(36-7-5-35(6-8-36)48-9-11-52-12-10-48)47-39(37)57-22-21-56-20-19-55-18-17-54-16-15-53-14-13-51-2/h3-4,23,25-26,28-31,35-36H,5-22,27H2,1-2H3,(H,43,44,46)/t31-,35-,36-/m0/s1. The zero-order valence-corrected chi connectivity index (χ0v) is 33.6. The van der Waals surface area contributed by atoms with E-state index < -0.39 is 0 Å². The highest BCUT2D eigenvalue weighted by molar-refractivity contribution is 5.67. The van der Waals surface area contributed by atoms with Crippen molar-refractivity contribution in [2.45, 2.75) is 57.3 Å². The number of anilines is 2. The van der Waals surface area contributed by atoms with Crippen LogP contribution < -0.4 is 14.8 Å². The number of methoxy groups -OCH3 is 1. The molecule has 0 spiro atoms. The van der Waals surface area contributed by atoms with Crippen LogP contribution in [0.1, 0.15) is 44.2 Å². The van der Waals surface area contributed by atoms with E-state index in [2.05, 4.69) is 36.3 Å². The second-order valence-electron chi connectivity index (χ2n) is 14.0.